The van der Waals surface area contributed by atoms with Gasteiger partial charge in [-0.25, -0.2) is 14.5 Å². The summed E-state index contributed by atoms with van der Waals surface area (Å²) in [5.74, 6) is -1.25. The fourth-order valence-electron chi connectivity index (χ4n) is 2.56. The Balaban J connectivity index is 1.70. The molecule has 0 fully saturated rings. The zero-order valence-electron chi connectivity index (χ0n) is 15.7. The lowest BCUT2D eigenvalue weighted by Crippen LogP contribution is -2.30. The van der Waals surface area contributed by atoms with Gasteiger partial charge in [-0.15, -0.1) is 0 Å². The highest BCUT2D eigenvalue weighted by Gasteiger charge is 2.21. The maximum absolute atomic E-state index is 12.4. The molecule has 1 atom stereocenters. The van der Waals surface area contributed by atoms with Crippen LogP contribution in [0.2, 0.25) is 15.1 Å². The van der Waals surface area contributed by atoms with E-state index in [9.17, 15) is 9.59 Å². The molecule has 1 N–H and O–H groups in total. The van der Waals surface area contributed by atoms with Crippen LogP contribution in [0, 0.1) is 0 Å². The molecule has 0 saturated heterocycles. The van der Waals surface area contributed by atoms with E-state index in [0.717, 1.165) is 0 Å². The van der Waals surface area contributed by atoms with Crippen molar-refractivity contribution < 1.29 is 14.3 Å². The van der Waals surface area contributed by atoms with Gasteiger partial charge >= 0.3 is 5.97 Å². The second-order valence-electron chi connectivity index (χ2n) is 6.60. The van der Waals surface area contributed by atoms with E-state index in [4.69, 9.17) is 39.5 Å². The quantitative estimate of drug-likeness (QED) is 0.424. The van der Waals surface area contributed by atoms with Crippen LogP contribution in [-0.4, -0.2) is 32.7 Å². The number of nitrogens with zero attached hydrogens (tertiary/aromatic N) is 3. The molecule has 1 aromatic carbocycles. The van der Waals surface area contributed by atoms with Crippen LogP contribution < -0.4 is 5.32 Å². The van der Waals surface area contributed by atoms with Crippen molar-refractivity contribution in [3.63, 3.8) is 0 Å². The van der Waals surface area contributed by atoms with Gasteiger partial charge in [-0.2, -0.15) is 5.10 Å². The first-order chi connectivity index (χ1) is 13.7. The minimum Gasteiger partial charge on any atom is -0.449 e. The topological polar surface area (TPSA) is 86.1 Å². The van der Waals surface area contributed by atoms with Crippen LogP contribution in [0.4, 0.5) is 5.69 Å². The van der Waals surface area contributed by atoms with E-state index in [1.54, 1.807) is 16.9 Å². The third-order valence-electron chi connectivity index (χ3n) is 4.08. The summed E-state index contributed by atoms with van der Waals surface area (Å²) in [4.78, 5) is 29.1. The molecule has 10 heteroatoms. The van der Waals surface area contributed by atoms with E-state index in [0.29, 0.717) is 11.0 Å². The minimum atomic E-state index is -1.08. The highest BCUT2D eigenvalue weighted by Crippen LogP contribution is 2.32. The number of ether oxygens (including phenoxy) is 1. The summed E-state index contributed by atoms with van der Waals surface area (Å²) in [5.41, 5.74) is 1.14. The standard InChI is InChI=1S/C19H17Cl3N4O3/c1-9(2)26-17-11(8-24-26)4-12(7-23-17)19(28)29-10(3)18(27)25-16-6-14(21)13(20)5-15(16)22/h4-10H,1-3H3,(H,25,27). The number of nitrogens with one attached hydrogen (secondary N) is 1. The predicted molar refractivity (Wildman–Crippen MR) is 113 cm³/mol. The molecular formula is C19H17Cl3N4O3. The first-order valence-corrected chi connectivity index (χ1v) is 9.80. The number of hydrogen-bond acceptors (Lipinski definition) is 5. The molecule has 0 radical (unpaired) electrons. The molecule has 1 unspecified atom stereocenters. The Morgan fingerprint density at radius 2 is 1.72 bits per heavy atom. The summed E-state index contributed by atoms with van der Waals surface area (Å²) in [6.45, 7) is 5.41. The van der Waals surface area contributed by atoms with E-state index in [2.05, 4.69) is 15.4 Å². The van der Waals surface area contributed by atoms with E-state index >= 15 is 0 Å². The maximum Gasteiger partial charge on any atom is 0.340 e. The van der Waals surface area contributed by atoms with Gasteiger partial charge in [0, 0.05) is 17.6 Å². The van der Waals surface area contributed by atoms with E-state index in [1.807, 2.05) is 13.8 Å². The molecule has 0 bridgehead atoms. The van der Waals surface area contributed by atoms with Crippen molar-refractivity contribution in [1.82, 2.24) is 14.8 Å². The molecule has 0 aliphatic rings. The molecule has 3 aromatic rings. The first kappa shape index (κ1) is 21.4. The fourth-order valence-corrected chi connectivity index (χ4v) is 3.16. The smallest absolute Gasteiger partial charge is 0.340 e. The molecule has 0 aliphatic heterocycles. The number of amides is 1. The Bertz CT molecular complexity index is 1100. The van der Waals surface area contributed by atoms with Crippen molar-refractivity contribution in [2.75, 3.05) is 5.32 Å². The molecule has 0 saturated carbocycles. The first-order valence-electron chi connectivity index (χ1n) is 8.67. The zero-order valence-corrected chi connectivity index (χ0v) is 18.0. The average molecular weight is 456 g/mol. The monoisotopic (exact) mass is 454 g/mol. The summed E-state index contributed by atoms with van der Waals surface area (Å²) < 4.78 is 7.00. The Labute approximate surface area is 181 Å². The molecule has 3 rings (SSSR count). The van der Waals surface area contributed by atoms with Crippen molar-refractivity contribution >= 4 is 63.4 Å². The van der Waals surface area contributed by atoms with Crippen LogP contribution >= 0.6 is 34.8 Å². The van der Waals surface area contributed by atoms with Crippen LogP contribution in [-0.2, 0) is 9.53 Å². The van der Waals surface area contributed by atoms with Crippen molar-refractivity contribution in [2.45, 2.75) is 32.9 Å². The van der Waals surface area contributed by atoms with Crippen LogP contribution in [0.5, 0.6) is 0 Å². The van der Waals surface area contributed by atoms with Gasteiger partial charge in [-0.1, -0.05) is 34.8 Å². The lowest BCUT2D eigenvalue weighted by atomic mass is 10.2. The maximum atomic E-state index is 12.4. The molecule has 29 heavy (non-hydrogen) atoms. The zero-order chi connectivity index (χ0) is 21.3. The van der Waals surface area contributed by atoms with Gasteiger partial charge in [-0.05, 0) is 39.0 Å². The Morgan fingerprint density at radius 3 is 2.41 bits per heavy atom. The third-order valence-corrected chi connectivity index (χ3v) is 5.11. The van der Waals surface area contributed by atoms with Gasteiger partial charge in [-0.3, -0.25) is 4.79 Å². The van der Waals surface area contributed by atoms with Gasteiger partial charge in [0.1, 0.15) is 0 Å². The summed E-state index contributed by atoms with van der Waals surface area (Å²) in [5, 5.41) is 8.23. The number of anilines is 1. The molecule has 0 aliphatic carbocycles. The molecule has 0 spiro atoms. The van der Waals surface area contributed by atoms with E-state index in [-0.39, 0.29) is 32.4 Å². The number of fused-ring (bicyclic) bond motifs is 1. The summed E-state index contributed by atoms with van der Waals surface area (Å²) in [7, 11) is 0. The van der Waals surface area contributed by atoms with Gasteiger partial charge in [0.15, 0.2) is 11.8 Å². The highest BCUT2D eigenvalue weighted by atomic mass is 35.5. The number of rotatable bonds is 5. The number of hydrogen-bond donors (Lipinski definition) is 1. The SMILES string of the molecule is CC(OC(=O)c1cnc2c(cnn2C(C)C)c1)C(=O)Nc1cc(Cl)c(Cl)cc1Cl. The van der Waals surface area contributed by atoms with Crippen molar-refractivity contribution in [3.05, 3.63) is 51.2 Å². The Hall–Kier alpha value is -2.35. The molecular weight excluding hydrogens is 439 g/mol. The number of aromatic nitrogens is 3. The summed E-state index contributed by atoms with van der Waals surface area (Å²) >= 11 is 17.9. The normalized spacial score (nSPS) is 12.2. The number of esters is 1. The number of carbonyl (C=O) groups excluding carboxylic acids is 2. The predicted octanol–water partition coefficient (Wildman–Crippen LogP) is 5.16. The minimum absolute atomic E-state index is 0.134. The second-order valence-corrected chi connectivity index (χ2v) is 7.82. The van der Waals surface area contributed by atoms with E-state index < -0.39 is 18.0 Å². The molecule has 2 heterocycles. The van der Waals surface area contributed by atoms with Gasteiger partial charge in [0.05, 0.1) is 32.5 Å². The van der Waals surface area contributed by atoms with Crippen LogP contribution in [0.1, 0.15) is 37.2 Å². The fraction of sp³-hybridized carbons (Fsp3) is 0.263. The van der Waals surface area contributed by atoms with Gasteiger partial charge in [0.2, 0.25) is 0 Å². The highest BCUT2D eigenvalue weighted by molar-refractivity contribution is 6.44. The Morgan fingerprint density at radius 1 is 1.03 bits per heavy atom. The van der Waals surface area contributed by atoms with Crippen molar-refractivity contribution in [3.8, 4) is 0 Å². The number of halogens is 3. The van der Waals surface area contributed by atoms with Crippen molar-refractivity contribution in [2.24, 2.45) is 0 Å². The lowest BCUT2D eigenvalue weighted by Gasteiger charge is -2.15. The molecule has 7 nitrogen and oxygen atoms in total. The van der Waals surface area contributed by atoms with Crippen LogP contribution in [0.25, 0.3) is 11.0 Å². The summed E-state index contributed by atoms with van der Waals surface area (Å²) in [6, 6.07) is 4.59. The largest absolute Gasteiger partial charge is 0.449 e. The van der Waals surface area contributed by atoms with Crippen LogP contribution in [0.3, 0.4) is 0 Å². The molecule has 152 valence electrons. The number of benzene rings is 1. The number of pyridine rings is 1. The average Bonchev–Trinajstić information content (AvgIpc) is 3.09. The lowest BCUT2D eigenvalue weighted by molar-refractivity contribution is -0.123. The second kappa shape index (κ2) is 8.57. The van der Waals surface area contributed by atoms with E-state index in [1.165, 1.54) is 25.3 Å². The van der Waals surface area contributed by atoms with Gasteiger partial charge in [0.25, 0.3) is 5.91 Å². The third kappa shape index (κ3) is 4.63. The van der Waals surface area contributed by atoms with Crippen LogP contribution in [0.15, 0.2) is 30.6 Å². The van der Waals surface area contributed by atoms with Gasteiger partial charge < -0.3 is 10.1 Å². The Kier molecular flexibility index (Phi) is 6.31. The number of carbonyl (C=O) groups is 2. The van der Waals surface area contributed by atoms with Crippen molar-refractivity contribution in [1.29, 1.82) is 0 Å². The molecule has 2 aromatic heterocycles. The summed E-state index contributed by atoms with van der Waals surface area (Å²) in [6.07, 6.45) is 1.94. The molecule has 1 amide bonds.